The third-order valence-corrected chi connectivity index (χ3v) is 3.60. The smallest absolute Gasteiger partial charge is 0.223 e. The number of nitrogens with zero attached hydrogens (tertiary/aromatic N) is 3. The molecule has 1 fully saturated rings. The van der Waals surface area contributed by atoms with Gasteiger partial charge in [0, 0.05) is 38.4 Å². The third-order valence-electron chi connectivity index (χ3n) is 3.09. The number of hydrogen-bond donors (Lipinski definition) is 1. The van der Waals surface area contributed by atoms with Crippen LogP contribution in [0.2, 0.25) is 0 Å². The molecule has 2 rings (SSSR count). The maximum Gasteiger partial charge on any atom is 0.223 e. The van der Waals surface area contributed by atoms with Crippen molar-refractivity contribution >= 4 is 18.5 Å². The highest BCUT2D eigenvalue weighted by Gasteiger charge is 2.27. The highest BCUT2D eigenvalue weighted by atomic mass is 32.1. The maximum absolute atomic E-state index is 11.7. The SMILES string of the molecule is Cc1nccn1CCN1CC(CS)CC1=O. The number of rotatable bonds is 4. The monoisotopic (exact) mass is 239 g/mol. The largest absolute Gasteiger partial charge is 0.341 e. The predicted octanol–water partition coefficient (Wildman–Crippen LogP) is 0.970. The summed E-state index contributed by atoms with van der Waals surface area (Å²) >= 11 is 4.25. The number of carbonyl (C=O) groups excluding carboxylic acids is 1. The Balaban J connectivity index is 1.87. The highest BCUT2D eigenvalue weighted by molar-refractivity contribution is 7.80. The van der Waals surface area contributed by atoms with Gasteiger partial charge in [0.25, 0.3) is 0 Å². The molecule has 0 aliphatic carbocycles. The van der Waals surface area contributed by atoms with Gasteiger partial charge in [-0.3, -0.25) is 4.79 Å². The molecule has 0 radical (unpaired) electrons. The van der Waals surface area contributed by atoms with Crippen LogP contribution in [0.1, 0.15) is 12.2 Å². The van der Waals surface area contributed by atoms with E-state index in [1.54, 1.807) is 6.20 Å². The predicted molar refractivity (Wildman–Crippen MR) is 65.5 cm³/mol. The topological polar surface area (TPSA) is 38.1 Å². The standard InChI is InChI=1S/C11H17N3OS/c1-9-12-2-3-13(9)4-5-14-7-10(8-16)6-11(14)15/h2-3,10,16H,4-8H2,1H3. The Morgan fingerprint density at radius 1 is 1.56 bits per heavy atom. The molecule has 1 aliphatic heterocycles. The fourth-order valence-corrected chi connectivity index (χ4v) is 2.31. The molecule has 1 amide bonds. The summed E-state index contributed by atoms with van der Waals surface area (Å²) in [5, 5.41) is 0. The van der Waals surface area contributed by atoms with Crippen LogP contribution in [0.4, 0.5) is 0 Å². The summed E-state index contributed by atoms with van der Waals surface area (Å²) in [7, 11) is 0. The molecule has 1 atom stereocenters. The second-order valence-corrected chi connectivity index (χ2v) is 4.63. The van der Waals surface area contributed by atoms with Gasteiger partial charge in [0.2, 0.25) is 5.91 Å². The lowest BCUT2D eigenvalue weighted by Gasteiger charge is -2.17. The fraction of sp³-hybridized carbons (Fsp3) is 0.636. The molecule has 1 saturated heterocycles. The van der Waals surface area contributed by atoms with E-state index in [2.05, 4.69) is 22.2 Å². The minimum absolute atomic E-state index is 0.261. The second-order valence-electron chi connectivity index (χ2n) is 4.26. The van der Waals surface area contributed by atoms with Crippen LogP contribution < -0.4 is 0 Å². The van der Waals surface area contributed by atoms with E-state index in [9.17, 15) is 4.79 Å². The molecule has 0 bridgehead atoms. The zero-order chi connectivity index (χ0) is 11.5. The molecule has 5 heteroatoms. The quantitative estimate of drug-likeness (QED) is 0.795. The first-order valence-corrected chi connectivity index (χ1v) is 6.20. The van der Waals surface area contributed by atoms with Crippen molar-refractivity contribution in [2.24, 2.45) is 5.92 Å². The summed E-state index contributed by atoms with van der Waals surface area (Å²) in [6.07, 6.45) is 4.40. The van der Waals surface area contributed by atoms with E-state index >= 15 is 0 Å². The Labute approximate surface area is 101 Å². The molecule has 1 unspecified atom stereocenters. The van der Waals surface area contributed by atoms with E-state index in [-0.39, 0.29) is 5.91 Å². The summed E-state index contributed by atoms with van der Waals surface area (Å²) in [6.45, 7) is 4.44. The lowest BCUT2D eigenvalue weighted by atomic mass is 10.1. The Morgan fingerprint density at radius 3 is 2.94 bits per heavy atom. The van der Waals surface area contributed by atoms with Crippen LogP contribution in [-0.2, 0) is 11.3 Å². The number of imidazole rings is 1. The van der Waals surface area contributed by atoms with E-state index < -0.39 is 0 Å². The molecule has 88 valence electrons. The molecule has 16 heavy (non-hydrogen) atoms. The summed E-state index contributed by atoms with van der Waals surface area (Å²) in [5.41, 5.74) is 0. The van der Waals surface area contributed by atoms with Crippen LogP contribution in [0.3, 0.4) is 0 Å². The van der Waals surface area contributed by atoms with E-state index in [0.29, 0.717) is 12.3 Å². The van der Waals surface area contributed by atoms with Gasteiger partial charge >= 0.3 is 0 Å². The lowest BCUT2D eigenvalue weighted by molar-refractivity contribution is -0.127. The molecule has 2 heterocycles. The summed E-state index contributed by atoms with van der Waals surface area (Å²) in [5.74, 6) is 2.49. The second kappa shape index (κ2) is 4.91. The Kier molecular flexibility index (Phi) is 3.53. The summed E-state index contributed by atoms with van der Waals surface area (Å²) < 4.78 is 2.07. The van der Waals surface area contributed by atoms with Crippen molar-refractivity contribution in [1.82, 2.24) is 14.5 Å². The van der Waals surface area contributed by atoms with Crippen molar-refractivity contribution in [3.05, 3.63) is 18.2 Å². The zero-order valence-electron chi connectivity index (χ0n) is 9.46. The van der Waals surface area contributed by atoms with E-state index in [0.717, 1.165) is 31.2 Å². The molecular formula is C11H17N3OS. The van der Waals surface area contributed by atoms with Crippen molar-refractivity contribution < 1.29 is 4.79 Å². The van der Waals surface area contributed by atoms with Crippen LogP contribution in [0.15, 0.2) is 12.4 Å². The first-order valence-electron chi connectivity index (χ1n) is 5.57. The summed E-state index contributed by atoms with van der Waals surface area (Å²) in [6, 6.07) is 0. The van der Waals surface area contributed by atoms with E-state index in [1.807, 2.05) is 18.0 Å². The van der Waals surface area contributed by atoms with Crippen molar-refractivity contribution in [1.29, 1.82) is 0 Å². The minimum Gasteiger partial charge on any atom is -0.341 e. The number of aromatic nitrogens is 2. The molecule has 0 aromatic carbocycles. The minimum atomic E-state index is 0.261. The van der Waals surface area contributed by atoms with Crippen LogP contribution in [0.5, 0.6) is 0 Å². The van der Waals surface area contributed by atoms with Gasteiger partial charge in [-0.05, 0) is 18.6 Å². The fourth-order valence-electron chi connectivity index (χ4n) is 2.06. The number of likely N-dealkylation sites (tertiary alicyclic amines) is 1. The Morgan fingerprint density at radius 2 is 2.38 bits per heavy atom. The van der Waals surface area contributed by atoms with Gasteiger partial charge in [-0.1, -0.05) is 0 Å². The first-order chi connectivity index (χ1) is 7.70. The molecule has 0 spiro atoms. The van der Waals surface area contributed by atoms with E-state index in [1.165, 1.54) is 0 Å². The Bertz CT molecular complexity index is 377. The van der Waals surface area contributed by atoms with Crippen molar-refractivity contribution in [2.75, 3.05) is 18.8 Å². The maximum atomic E-state index is 11.7. The van der Waals surface area contributed by atoms with Gasteiger partial charge < -0.3 is 9.47 Å². The van der Waals surface area contributed by atoms with Crippen molar-refractivity contribution in [3.8, 4) is 0 Å². The number of hydrogen-bond acceptors (Lipinski definition) is 3. The van der Waals surface area contributed by atoms with Crippen LogP contribution in [0.25, 0.3) is 0 Å². The van der Waals surface area contributed by atoms with Gasteiger partial charge in [-0.15, -0.1) is 0 Å². The first kappa shape index (κ1) is 11.5. The molecule has 4 nitrogen and oxygen atoms in total. The number of thiol groups is 1. The zero-order valence-corrected chi connectivity index (χ0v) is 10.4. The number of carbonyl (C=O) groups is 1. The third kappa shape index (κ3) is 2.40. The van der Waals surface area contributed by atoms with Gasteiger partial charge in [-0.25, -0.2) is 4.98 Å². The van der Waals surface area contributed by atoms with Crippen LogP contribution in [-0.4, -0.2) is 39.2 Å². The van der Waals surface area contributed by atoms with E-state index in [4.69, 9.17) is 0 Å². The van der Waals surface area contributed by atoms with Gasteiger partial charge in [0.05, 0.1) is 0 Å². The highest BCUT2D eigenvalue weighted by Crippen LogP contribution is 2.18. The number of aryl methyl sites for hydroxylation is 1. The molecule has 0 saturated carbocycles. The average Bonchev–Trinajstić information content (AvgIpc) is 2.82. The molecule has 0 N–H and O–H groups in total. The lowest BCUT2D eigenvalue weighted by Crippen LogP contribution is -2.29. The van der Waals surface area contributed by atoms with Crippen molar-refractivity contribution in [2.45, 2.75) is 19.9 Å². The molecule has 1 aromatic heterocycles. The number of amides is 1. The van der Waals surface area contributed by atoms with Gasteiger partial charge in [0.15, 0.2) is 0 Å². The Hall–Kier alpha value is -0.970. The molecule has 1 aliphatic rings. The normalized spacial score (nSPS) is 20.8. The molecule has 1 aromatic rings. The van der Waals surface area contributed by atoms with Crippen molar-refractivity contribution in [3.63, 3.8) is 0 Å². The molecular weight excluding hydrogens is 222 g/mol. The summed E-state index contributed by atoms with van der Waals surface area (Å²) in [4.78, 5) is 17.7. The average molecular weight is 239 g/mol. The van der Waals surface area contributed by atoms with Crippen LogP contribution in [0, 0.1) is 12.8 Å². The van der Waals surface area contributed by atoms with Crippen LogP contribution >= 0.6 is 12.6 Å². The van der Waals surface area contributed by atoms with Gasteiger partial charge in [-0.2, -0.15) is 12.6 Å². The van der Waals surface area contributed by atoms with Gasteiger partial charge in [0.1, 0.15) is 5.82 Å².